The summed E-state index contributed by atoms with van der Waals surface area (Å²) in [4.78, 5) is 4.63. The number of anilines is 1. The van der Waals surface area contributed by atoms with Crippen LogP contribution in [0.5, 0.6) is 0 Å². The molecule has 2 fully saturated rings. The van der Waals surface area contributed by atoms with Crippen molar-refractivity contribution in [2.24, 2.45) is 5.92 Å². The van der Waals surface area contributed by atoms with Gasteiger partial charge in [0.05, 0.1) is 5.69 Å². The Balaban J connectivity index is 1.50. The number of aromatic nitrogens is 2. The first-order chi connectivity index (χ1) is 9.70. The van der Waals surface area contributed by atoms with Gasteiger partial charge in [-0.1, -0.05) is 0 Å². The van der Waals surface area contributed by atoms with E-state index >= 15 is 0 Å². The lowest BCUT2D eigenvalue weighted by molar-refractivity contribution is 0.395. The van der Waals surface area contributed by atoms with Gasteiger partial charge in [-0.25, -0.2) is 0 Å². The average Bonchev–Trinajstić information content (AvgIpc) is 3.20. The van der Waals surface area contributed by atoms with Crippen molar-refractivity contribution in [3.63, 3.8) is 0 Å². The van der Waals surface area contributed by atoms with Gasteiger partial charge in [0.1, 0.15) is 0 Å². The summed E-state index contributed by atoms with van der Waals surface area (Å²) >= 11 is 0. The lowest BCUT2D eigenvalue weighted by atomic mass is 10.1. The van der Waals surface area contributed by atoms with E-state index in [1.165, 1.54) is 32.4 Å². The number of nitrogens with one attached hydrogen (secondary N) is 1. The molecular weight excluding hydrogens is 250 g/mol. The Morgan fingerprint density at radius 1 is 1.30 bits per heavy atom. The monoisotopic (exact) mass is 275 g/mol. The van der Waals surface area contributed by atoms with Crippen LogP contribution in [-0.2, 0) is 6.54 Å². The maximum Gasteiger partial charge on any atom is 0.150 e. The summed E-state index contributed by atoms with van der Waals surface area (Å²) in [6.45, 7) is 4.32. The summed E-state index contributed by atoms with van der Waals surface area (Å²) in [5, 5.41) is 12.1. The van der Waals surface area contributed by atoms with Crippen molar-refractivity contribution in [1.29, 1.82) is 0 Å². The van der Waals surface area contributed by atoms with Gasteiger partial charge in [0, 0.05) is 32.7 Å². The van der Waals surface area contributed by atoms with Crippen LogP contribution in [0.15, 0.2) is 12.1 Å². The van der Waals surface area contributed by atoms with Gasteiger partial charge in [-0.3, -0.25) is 0 Å². The zero-order valence-corrected chi connectivity index (χ0v) is 12.5. The Morgan fingerprint density at radius 2 is 2.15 bits per heavy atom. The molecule has 1 aliphatic heterocycles. The van der Waals surface area contributed by atoms with Crippen molar-refractivity contribution in [3.05, 3.63) is 17.8 Å². The van der Waals surface area contributed by atoms with Crippen LogP contribution >= 0.6 is 0 Å². The molecule has 5 heteroatoms. The molecule has 3 rings (SSSR count). The fraction of sp³-hybridized carbons (Fsp3) is 0.733. The first-order valence-electron chi connectivity index (χ1n) is 7.66. The van der Waals surface area contributed by atoms with E-state index in [1.54, 1.807) is 0 Å². The second-order valence-corrected chi connectivity index (χ2v) is 6.34. The van der Waals surface area contributed by atoms with Crippen molar-refractivity contribution in [2.75, 3.05) is 38.6 Å². The van der Waals surface area contributed by atoms with Crippen LogP contribution in [-0.4, -0.2) is 54.9 Å². The smallest absolute Gasteiger partial charge is 0.150 e. The first kappa shape index (κ1) is 13.8. The van der Waals surface area contributed by atoms with E-state index in [1.807, 2.05) is 0 Å². The maximum atomic E-state index is 4.36. The first-order valence-corrected chi connectivity index (χ1v) is 7.66. The van der Waals surface area contributed by atoms with Crippen LogP contribution in [0.4, 0.5) is 5.82 Å². The number of rotatable bonds is 6. The molecule has 1 saturated carbocycles. The standard InChI is InChI=1S/C15H25N5/c1-19-8-7-12(10-19)11-20(2)15-6-5-14(17-18-15)9-16-13-3-4-13/h5-6,12-13,16H,3-4,7-11H2,1-2H3. The molecule has 0 spiro atoms. The van der Waals surface area contributed by atoms with Crippen LogP contribution in [0.3, 0.4) is 0 Å². The highest BCUT2D eigenvalue weighted by Crippen LogP contribution is 2.20. The van der Waals surface area contributed by atoms with Gasteiger partial charge in [-0.05, 0) is 50.9 Å². The molecule has 0 radical (unpaired) electrons. The van der Waals surface area contributed by atoms with Crippen LogP contribution < -0.4 is 10.2 Å². The van der Waals surface area contributed by atoms with Crippen molar-refractivity contribution >= 4 is 5.82 Å². The third-order valence-corrected chi connectivity index (χ3v) is 4.27. The van der Waals surface area contributed by atoms with Crippen molar-refractivity contribution in [1.82, 2.24) is 20.4 Å². The minimum absolute atomic E-state index is 0.721. The molecule has 1 unspecified atom stereocenters. The number of nitrogens with zero attached hydrogens (tertiary/aromatic N) is 4. The van der Waals surface area contributed by atoms with Gasteiger partial charge in [0.25, 0.3) is 0 Å². The largest absolute Gasteiger partial charge is 0.358 e. The molecule has 1 aromatic heterocycles. The molecule has 2 heterocycles. The summed E-state index contributed by atoms with van der Waals surface area (Å²) in [5.74, 6) is 1.73. The molecule has 1 aromatic rings. The quantitative estimate of drug-likeness (QED) is 0.843. The topological polar surface area (TPSA) is 44.3 Å². The van der Waals surface area contributed by atoms with Crippen LogP contribution in [0, 0.1) is 5.92 Å². The summed E-state index contributed by atoms with van der Waals surface area (Å²) in [5.41, 5.74) is 1.04. The van der Waals surface area contributed by atoms with Crippen molar-refractivity contribution in [2.45, 2.75) is 31.8 Å². The molecule has 0 aromatic carbocycles. The molecule has 1 N–H and O–H groups in total. The predicted octanol–water partition coefficient (Wildman–Crippen LogP) is 1.12. The highest BCUT2D eigenvalue weighted by atomic mass is 15.3. The molecule has 2 aliphatic rings. The SMILES string of the molecule is CN1CCC(CN(C)c2ccc(CNC3CC3)nn2)C1. The fourth-order valence-corrected chi connectivity index (χ4v) is 2.84. The minimum atomic E-state index is 0.721. The lowest BCUT2D eigenvalue weighted by Gasteiger charge is -2.21. The van der Waals surface area contributed by atoms with E-state index in [-0.39, 0.29) is 0 Å². The van der Waals surface area contributed by atoms with E-state index in [2.05, 4.69) is 51.5 Å². The van der Waals surface area contributed by atoms with Gasteiger partial charge in [0.2, 0.25) is 0 Å². The summed E-state index contributed by atoms with van der Waals surface area (Å²) in [6.07, 6.45) is 3.91. The molecule has 1 atom stereocenters. The predicted molar refractivity (Wildman–Crippen MR) is 80.8 cm³/mol. The number of hydrogen-bond donors (Lipinski definition) is 1. The van der Waals surface area contributed by atoms with E-state index in [4.69, 9.17) is 0 Å². The Morgan fingerprint density at radius 3 is 2.75 bits per heavy atom. The van der Waals surface area contributed by atoms with Crippen molar-refractivity contribution < 1.29 is 0 Å². The maximum absolute atomic E-state index is 4.36. The second-order valence-electron chi connectivity index (χ2n) is 6.34. The number of likely N-dealkylation sites (tertiary alicyclic amines) is 1. The van der Waals surface area contributed by atoms with Crippen LogP contribution in [0.25, 0.3) is 0 Å². The summed E-state index contributed by atoms with van der Waals surface area (Å²) in [6, 6.07) is 4.91. The molecular formula is C15H25N5. The Bertz CT molecular complexity index is 428. The van der Waals surface area contributed by atoms with Gasteiger partial charge in [-0.2, -0.15) is 5.10 Å². The molecule has 1 saturated heterocycles. The Hall–Kier alpha value is -1.20. The van der Waals surface area contributed by atoms with Gasteiger partial charge in [-0.15, -0.1) is 5.10 Å². The highest BCUT2D eigenvalue weighted by molar-refractivity contribution is 5.36. The molecule has 110 valence electrons. The molecule has 1 aliphatic carbocycles. The number of hydrogen-bond acceptors (Lipinski definition) is 5. The molecule has 20 heavy (non-hydrogen) atoms. The fourth-order valence-electron chi connectivity index (χ4n) is 2.84. The van der Waals surface area contributed by atoms with Gasteiger partial charge >= 0.3 is 0 Å². The summed E-state index contributed by atoms with van der Waals surface area (Å²) in [7, 11) is 4.31. The Kier molecular flexibility index (Phi) is 4.17. The summed E-state index contributed by atoms with van der Waals surface area (Å²) < 4.78 is 0. The molecule has 0 amide bonds. The second kappa shape index (κ2) is 6.06. The third kappa shape index (κ3) is 3.67. The van der Waals surface area contributed by atoms with Crippen LogP contribution in [0.1, 0.15) is 25.0 Å². The Labute approximate surface area is 121 Å². The average molecular weight is 275 g/mol. The lowest BCUT2D eigenvalue weighted by Crippen LogP contribution is -2.28. The van der Waals surface area contributed by atoms with E-state index < -0.39 is 0 Å². The zero-order valence-electron chi connectivity index (χ0n) is 12.5. The van der Waals surface area contributed by atoms with Gasteiger partial charge < -0.3 is 15.1 Å². The van der Waals surface area contributed by atoms with Crippen molar-refractivity contribution in [3.8, 4) is 0 Å². The minimum Gasteiger partial charge on any atom is -0.358 e. The molecule has 0 bridgehead atoms. The normalized spacial score (nSPS) is 23.2. The molecule has 5 nitrogen and oxygen atoms in total. The van der Waals surface area contributed by atoms with E-state index in [0.717, 1.165) is 36.6 Å². The third-order valence-electron chi connectivity index (χ3n) is 4.27. The highest BCUT2D eigenvalue weighted by Gasteiger charge is 2.22. The van der Waals surface area contributed by atoms with E-state index in [9.17, 15) is 0 Å². The zero-order chi connectivity index (χ0) is 13.9. The van der Waals surface area contributed by atoms with Gasteiger partial charge in [0.15, 0.2) is 5.82 Å². The van der Waals surface area contributed by atoms with E-state index in [0.29, 0.717) is 0 Å². The van der Waals surface area contributed by atoms with Crippen LogP contribution in [0.2, 0.25) is 0 Å².